The third-order valence-corrected chi connectivity index (χ3v) is 9.75. The van der Waals surface area contributed by atoms with Crippen molar-refractivity contribution in [1.82, 2.24) is 20.3 Å². The predicted octanol–water partition coefficient (Wildman–Crippen LogP) is 5.17. The standard InChI is InChI=1S/C33H39N7O2S/c1-20-32(43-21(2)36-20)29-11-8-23-16-24(9-10-28(23)37-29)31-25(19-30(41)40-12-14-42-15-13-40)17-26(33(38-34)39-35)18-27(31)22-6-4-3-5-7-22/h8-11,16-18,22H,3-7,12-15,19,34-35H2,1-2H3,(H,38,39). The molecule has 0 radical (unpaired) electrons. The Balaban J connectivity index is 1.49. The molecule has 0 atom stereocenters. The number of aryl methyl sites for hydroxylation is 2. The van der Waals surface area contributed by atoms with Crippen molar-refractivity contribution in [2.45, 2.75) is 58.3 Å². The van der Waals surface area contributed by atoms with Crippen LogP contribution in [0.25, 0.3) is 32.6 Å². The molecule has 10 heteroatoms. The maximum Gasteiger partial charge on any atom is 0.227 e. The fourth-order valence-corrected chi connectivity index (χ4v) is 7.44. The van der Waals surface area contributed by atoms with Gasteiger partial charge >= 0.3 is 0 Å². The number of hydrazone groups is 1. The van der Waals surface area contributed by atoms with E-state index in [1.807, 2.05) is 24.8 Å². The molecule has 6 rings (SSSR count). The Labute approximate surface area is 256 Å². The summed E-state index contributed by atoms with van der Waals surface area (Å²) in [5.74, 6) is 12.4. The molecule has 1 aliphatic heterocycles. The highest BCUT2D eigenvalue weighted by Crippen LogP contribution is 2.42. The van der Waals surface area contributed by atoms with E-state index in [0.717, 1.165) is 67.3 Å². The molecule has 1 aliphatic carbocycles. The van der Waals surface area contributed by atoms with Gasteiger partial charge in [-0.3, -0.25) is 4.79 Å². The summed E-state index contributed by atoms with van der Waals surface area (Å²) in [7, 11) is 0. The number of nitrogens with zero attached hydrogens (tertiary/aromatic N) is 4. The second-order valence-corrected chi connectivity index (χ2v) is 12.7. The average molecular weight is 598 g/mol. The number of morpholine rings is 1. The van der Waals surface area contributed by atoms with E-state index in [2.05, 4.69) is 51.9 Å². The number of pyridine rings is 1. The Morgan fingerprint density at radius 2 is 1.86 bits per heavy atom. The summed E-state index contributed by atoms with van der Waals surface area (Å²) in [5, 5.41) is 6.00. The molecule has 5 N–H and O–H groups in total. The summed E-state index contributed by atoms with van der Waals surface area (Å²) in [6, 6.07) is 14.9. The minimum Gasteiger partial charge on any atom is -0.378 e. The Hall–Kier alpha value is -3.86. The van der Waals surface area contributed by atoms with Gasteiger partial charge in [-0.15, -0.1) is 11.3 Å². The summed E-state index contributed by atoms with van der Waals surface area (Å²) in [6.45, 7) is 6.39. The minimum absolute atomic E-state index is 0.0885. The first kappa shape index (κ1) is 29.2. The SMILES string of the molecule is Cc1nc(C)c(-c2ccc3cc(-c4c(CC(=O)N5CCOCC5)cc(/C(=N/N)NN)cc4C4CCCCC4)ccc3n2)s1. The molecular formula is C33H39N7O2S. The number of hydrogen-bond acceptors (Lipinski definition) is 8. The van der Waals surface area contributed by atoms with Crippen LogP contribution in [0.15, 0.2) is 47.6 Å². The normalized spacial score (nSPS) is 16.5. The van der Waals surface area contributed by atoms with Crippen LogP contribution in [0.1, 0.15) is 65.4 Å². The van der Waals surface area contributed by atoms with Gasteiger partial charge in [0.05, 0.1) is 46.4 Å². The van der Waals surface area contributed by atoms with Gasteiger partial charge in [-0.25, -0.2) is 15.8 Å². The highest BCUT2D eigenvalue weighted by Gasteiger charge is 2.26. The van der Waals surface area contributed by atoms with Crippen LogP contribution >= 0.6 is 11.3 Å². The number of hydrazine groups is 1. The number of benzene rings is 2. The number of nitrogens with two attached hydrogens (primary N) is 2. The van der Waals surface area contributed by atoms with Crippen molar-refractivity contribution in [3.8, 4) is 21.7 Å². The third kappa shape index (κ3) is 6.13. The molecule has 2 aliphatic rings. The van der Waals surface area contributed by atoms with Gasteiger partial charge in [-0.05, 0) is 85.2 Å². The van der Waals surface area contributed by atoms with E-state index in [4.69, 9.17) is 21.4 Å². The zero-order valence-electron chi connectivity index (χ0n) is 24.9. The van der Waals surface area contributed by atoms with E-state index in [1.165, 1.54) is 24.8 Å². The van der Waals surface area contributed by atoms with Gasteiger partial charge in [0, 0.05) is 24.0 Å². The predicted molar refractivity (Wildman–Crippen MR) is 173 cm³/mol. The summed E-state index contributed by atoms with van der Waals surface area (Å²) in [6.07, 6.45) is 6.09. The largest absolute Gasteiger partial charge is 0.378 e. The van der Waals surface area contributed by atoms with Crippen LogP contribution in [-0.4, -0.2) is 52.9 Å². The fourth-order valence-electron chi connectivity index (χ4n) is 6.55. The number of nitrogens with one attached hydrogen (secondary N) is 1. The average Bonchev–Trinajstić information content (AvgIpc) is 3.39. The van der Waals surface area contributed by atoms with Gasteiger partial charge in [-0.2, -0.15) is 5.10 Å². The van der Waals surface area contributed by atoms with Crippen molar-refractivity contribution in [2.24, 2.45) is 16.8 Å². The van der Waals surface area contributed by atoms with Crippen molar-refractivity contribution in [2.75, 3.05) is 26.3 Å². The molecule has 43 heavy (non-hydrogen) atoms. The van der Waals surface area contributed by atoms with Crippen LogP contribution in [-0.2, 0) is 16.0 Å². The third-order valence-electron chi connectivity index (χ3n) is 8.65. The number of aromatic nitrogens is 2. The Bertz CT molecular complexity index is 1670. The van der Waals surface area contributed by atoms with E-state index in [1.54, 1.807) is 11.3 Å². The number of hydrogen-bond donors (Lipinski definition) is 3. The molecule has 1 saturated heterocycles. The molecule has 1 saturated carbocycles. The number of thiazole rings is 1. The zero-order valence-corrected chi connectivity index (χ0v) is 25.7. The molecule has 3 heterocycles. The van der Waals surface area contributed by atoms with E-state index in [-0.39, 0.29) is 12.3 Å². The molecule has 1 amide bonds. The van der Waals surface area contributed by atoms with Crippen LogP contribution in [0.3, 0.4) is 0 Å². The number of carbonyl (C=O) groups is 1. The molecule has 0 bridgehead atoms. The molecule has 0 spiro atoms. The molecule has 2 aromatic heterocycles. The topological polar surface area (TPSA) is 132 Å². The lowest BCUT2D eigenvalue weighted by molar-refractivity contribution is -0.134. The smallest absolute Gasteiger partial charge is 0.227 e. The van der Waals surface area contributed by atoms with Gasteiger partial charge < -0.3 is 20.9 Å². The van der Waals surface area contributed by atoms with E-state index in [0.29, 0.717) is 38.1 Å². The summed E-state index contributed by atoms with van der Waals surface area (Å²) in [5.41, 5.74) is 10.7. The van der Waals surface area contributed by atoms with Gasteiger partial charge in [0.15, 0.2) is 5.84 Å². The van der Waals surface area contributed by atoms with Crippen molar-refractivity contribution in [1.29, 1.82) is 0 Å². The molecule has 4 aromatic rings. The molecule has 2 fully saturated rings. The number of rotatable bonds is 6. The monoisotopic (exact) mass is 597 g/mol. The van der Waals surface area contributed by atoms with Crippen LogP contribution in [0.5, 0.6) is 0 Å². The lowest BCUT2D eigenvalue weighted by Crippen LogP contribution is -2.41. The highest BCUT2D eigenvalue weighted by molar-refractivity contribution is 7.15. The van der Waals surface area contributed by atoms with E-state index < -0.39 is 0 Å². The van der Waals surface area contributed by atoms with Gasteiger partial charge in [0.25, 0.3) is 0 Å². The van der Waals surface area contributed by atoms with Crippen LogP contribution in [0, 0.1) is 13.8 Å². The molecule has 9 nitrogen and oxygen atoms in total. The summed E-state index contributed by atoms with van der Waals surface area (Å²) >= 11 is 1.67. The number of amidine groups is 1. The van der Waals surface area contributed by atoms with Crippen molar-refractivity contribution in [3.63, 3.8) is 0 Å². The Kier molecular flexibility index (Phi) is 8.69. The number of ether oxygens (including phenoxy) is 1. The summed E-state index contributed by atoms with van der Waals surface area (Å²) in [4.78, 5) is 26.2. The van der Waals surface area contributed by atoms with Gasteiger partial charge in [0.2, 0.25) is 5.91 Å². The van der Waals surface area contributed by atoms with Gasteiger partial charge in [-0.1, -0.05) is 31.4 Å². The maximum absolute atomic E-state index is 13.6. The first-order valence-electron chi connectivity index (χ1n) is 15.1. The zero-order chi connectivity index (χ0) is 29.9. The van der Waals surface area contributed by atoms with Crippen molar-refractivity contribution < 1.29 is 9.53 Å². The van der Waals surface area contributed by atoms with Crippen LogP contribution in [0.4, 0.5) is 0 Å². The highest BCUT2D eigenvalue weighted by atomic mass is 32.1. The molecular weight excluding hydrogens is 558 g/mol. The van der Waals surface area contributed by atoms with E-state index >= 15 is 0 Å². The Morgan fingerprint density at radius 3 is 2.56 bits per heavy atom. The quantitative estimate of drug-likeness (QED) is 0.121. The number of fused-ring (bicyclic) bond motifs is 1. The number of carbonyl (C=O) groups excluding carboxylic acids is 1. The Morgan fingerprint density at radius 1 is 1.07 bits per heavy atom. The first-order chi connectivity index (χ1) is 20.9. The lowest BCUT2D eigenvalue weighted by atomic mass is 9.78. The maximum atomic E-state index is 13.6. The lowest BCUT2D eigenvalue weighted by Gasteiger charge is -2.29. The van der Waals surface area contributed by atoms with E-state index in [9.17, 15) is 4.79 Å². The molecule has 2 aromatic carbocycles. The molecule has 0 unspecified atom stereocenters. The second kappa shape index (κ2) is 12.8. The van der Waals surface area contributed by atoms with Crippen LogP contribution < -0.4 is 17.1 Å². The van der Waals surface area contributed by atoms with Crippen LogP contribution in [0.2, 0.25) is 0 Å². The fraction of sp³-hybridized carbons (Fsp3) is 0.394. The second-order valence-electron chi connectivity index (χ2n) is 11.5. The van der Waals surface area contributed by atoms with Crippen molar-refractivity contribution >= 4 is 34.0 Å². The van der Waals surface area contributed by atoms with Gasteiger partial charge in [0.1, 0.15) is 0 Å². The number of amides is 1. The molecule has 224 valence electrons. The summed E-state index contributed by atoms with van der Waals surface area (Å²) < 4.78 is 5.50. The minimum atomic E-state index is 0.0885. The first-order valence-corrected chi connectivity index (χ1v) is 15.9. The van der Waals surface area contributed by atoms with Crippen molar-refractivity contribution in [3.05, 3.63) is 69.9 Å².